The SMILES string of the molecule is Cc1ccnc(-c2cc(F)c(C#N)c(F)c2)n1. The number of benzene rings is 1. The molecule has 0 saturated heterocycles. The highest BCUT2D eigenvalue weighted by Gasteiger charge is 2.12. The molecule has 0 atom stereocenters. The van der Waals surface area contributed by atoms with E-state index < -0.39 is 17.2 Å². The van der Waals surface area contributed by atoms with Gasteiger partial charge in [0.1, 0.15) is 23.3 Å². The van der Waals surface area contributed by atoms with Gasteiger partial charge in [0.05, 0.1) is 0 Å². The Balaban J connectivity index is 2.59. The minimum absolute atomic E-state index is 0.211. The predicted octanol–water partition coefficient (Wildman–Crippen LogP) is 2.60. The van der Waals surface area contributed by atoms with Crippen molar-refractivity contribution in [1.29, 1.82) is 5.26 Å². The average molecular weight is 231 g/mol. The molecule has 0 bridgehead atoms. The van der Waals surface area contributed by atoms with Gasteiger partial charge in [-0.15, -0.1) is 0 Å². The summed E-state index contributed by atoms with van der Waals surface area (Å²) in [7, 11) is 0. The van der Waals surface area contributed by atoms with Gasteiger partial charge in [-0.2, -0.15) is 5.26 Å². The van der Waals surface area contributed by atoms with Crippen molar-refractivity contribution in [3.05, 3.63) is 47.3 Å². The topological polar surface area (TPSA) is 49.6 Å². The van der Waals surface area contributed by atoms with Gasteiger partial charge in [-0.25, -0.2) is 18.7 Å². The fourth-order valence-corrected chi connectivity index (χ4v) is 1.40. The second kappa shape index (κ2) is 4.26. The molecule has 0 radical (unpaired) electrons. The number of nitrogens with zero attached hydrogens (tertiary/aromatic N) is 3. The summed E-state index contributed by atoms with van der Waals surface area (Å²) in [5.41, 5.74) is 0.310. The highest BCUT2D eigenvalue weighted by Crippen LogP contribution is 2.21. The largest absolute Gasteiger partial charge is 0.237 e. The van der Waals surface area contributed by atoms with Crippen LogP contribution in [0.1, 0.15) is 11.3 Å². The van der Waals surface area contributed by atoms with Gasteiger partial charge in [0.25, 0.3) is 0 Å². The number of aryl methyl sites for hydroxylation is 1. The van der Waals surface area contributed by atoms with Crippen LogP contribution in [0, 0.1) is 29.9 Å². The Morgan fingerprint density at radius 1 is 1.24 bits per heavy atom. The molecule has 0 saturated carbocycles. The normalized spacial score (nSPS) is 10.0. The van der Waals surface area contributed by atoms with Crippen molar-refractivity contribution >= 4 is 0 Å². The Labute approximate surface area is 96.4 Å². The lowest BCUT2D eigenvalue weighted by Gasteiger charge is -2.03. The average Bonchev–Trinajstić information content (AvgIpc) is 2.28. The Bertz CT molecular complexity index is 594. The third-order valence-electron chi connectivity index (χ3n) is 2.21. The first-order valence-electron chi connectivity index (χ1n) is 4.81. The number of aromatic nitrogens is 2. The van der Waals surface area contributed by atoms with E-state index in [0.29, 0.717) is 5.69 Å². The zero-order chi connectivity index (χ0) is 12.4. The number of hydrogen-bond acceptors (Lipinski definition) is 3. The molecule has 0 unspecified atom stereocenters. The molecule has 0 fully saturated rings. The maximum atomic E-state index is 13.4. The van der Waals surface area contributed by atoms with Crippen LogP contribution < -0.4 is 0 Å². The molecule has 0 aliphatic heterocycles. The van der Waals surface area contributed by atoms with Crippen LogP contribution in [0.2, 0.25) is 0 Å². The van der Waals surface area contributed by atoms with Gasteiger partial charge >= 0.3 is 0 Å². The molecule has 0 spiro atoms. The molecule has 0 amide bonds. The van der Waals surface area contributed by atoms with Crippen molar-refractivity contribution in [3.63, 3.8) is 0 Å². The highest BCUT2D eigenvalue weighted by atomic mass is 19.1. The van der Waals surface area contributed by atoms with E-state index in [2.05, 4.69) is 9.97 Å². The number of rotatable bonds is 1. The van der Waals surface area contributed by atoms with Crippen LogP contribution in [0.15, 0.2) is 24.4 Å². The van der Waals surface area contributed by atoms with Gasteiger partial charge in [-0.05, 0) is 25.1 Å². The maximum Gasteiger partial charge on any atom is 0.159 e. The fourth-order valence-electron chi connectivity index (χ4n) is 1.40. The van der Waals surface area contributed by atoms with Crippen LogP contribution in [0.5, 0.6) is 0 Å². The van der Waals surface area contributed by atoms with Crippen molar-refractivity contribution in [3.8, 4) is 17.5 Å². The lowest BCUT2D eigenvalue weighted by Crippen LogP contribution is -1.95. The lowest BCUT2D eigenvalue weighted by atomic mass is 10.1. The number of nitriles is 1. The molecule has 2 aromatic rings. The maximum absolute atomic E-state index is 13.4. The van der Waals surface area contributed by atoms with E-state index in [9.17, 15) is 8.78 Å². The molecule has 17 heavy (non-hydrogen) atoms. The molecule has 1 heterocycles. The molecule has 84 valence electrons. The van der Waals surface area contributed by atoms with Gasteiger partial charge in [0, 0.05) is 17.5 Å². The monoisotopic (exact) mass is 231 g/mol. The summed E-state index contributed by atoms with van der Waals surface area (Å²) >= 11 is 0. The third kappa shape index (κ3) is 2.11. The van der Waals surface area contributed by atoms with Crippen molar-refractivity contribution < 1.29 is 8.78 Å². The summed E-state index contributed by atoms with van der Waals surface area (Å²) in [4.78, 5) is 7.97. The van der Waals surface area contributed by atoms with Crippen molar-refractivity contribution in [2.75, 3.05) is 0 Å². The molecule has 0 aliphatic rings. The van der Waals surface area contributed by atoms with E-state index in [1.807, 2.05) is 0 Å². The molecule has 5 heteroatoms. The van der Waals surface area contributed by atoms with E-state index in [-0.39, 0.29) is 11.4 Å². The molecule has 1 aromatic heterocycles. The highest BCUT2D eigenvalue weighted by molar-refractivity contribution is 5.57. The first-order valence-corrected chi connectivity index (χ1v) is 4.81. The Hall–Kier alpha value is -2.35. The first-order chi connectivity index (χ1) is 8.11. The second-order valence-electron chi connectivity index (χ2n) is 3.45. The molecular formula is C12H7F2N3. The number of hydrogen-bond donors (Lipinski definition) is 0. The Morgan fingerprint density at radius 3 is 2.41 bits per heavy atom. The second-order valence-corrected chi connectivity index (χ2v) is 3.45. The number of halogens is 2. The van der Waals surface area contributed by atoms with Crippen LogP contribution in [0.3, 0.4) is 0 Å². The summed E-state index contributed by atoms with van der Waals surface area (Å²) in [5.74, 6) is -1.59. The van der Waals surface area contributed by atoms with Gasteiger partial charge in [0.15, 0.2) is 5.82 Å². The van der Waals surface area contributed by atoms with E-state index >= 15 is 0 Å². The zero-order valence-electron chi connectivity index (χ0n) is 8.91. The van der Waals surface area contributed by atoms with Crippen LogP contribution >= 0.6 is 0 Å². The van der Waals surface area contributed by atoms with Crippen LogP contribution in [0.25, 0.3) is 11.4 Å². The van der Waals surface area contributed by atoms with Crippen LogP contribution in [-0.2, 0) is 0 Å². The zero-order valence-corrected chi connectivity index (χ0v) is 8.91. The molecular weight excluding hydrogens is 224 g/mol. The van der Waals surface area contributed by atoms with Gasteiger partial charge in [-0.3, -0.25) is 0 Å². The van der Waals surface area contributed by atoms with E-state index in [0.717, 1.165) is 12.1 Å². The quantitative estimate of drug-likeness (QED) is 0.757. The minimum atomic E-state index is -0.910. The minimum Gasteiger partial charge on any atom is -0.237 e. The molecule has 0 aliphatic carbocycles. The summed E-state index contributed by atoms with van der Waals surface area (Å²) in [5, 5.41) is 8.54. The van der Waals surface area contributed by atoms with E-state index in [1.165, 1.54) is 12.3 Å². The van der Waals surface area contributed by atoms with Crippen molar-refractivity contribution in [2.24, 2.45) is 0 Å². The first kappa shape index (κ1) is 11.1. The van der Waals surface area contributed by atoms with Gasteiger partial charge in [0.2, 0.25) is 0 Å². The van der Waals surface area contributed by atoms with Gasteiger partial charge < -0.3 is 0 Å². The van der Waals surface area contributed by atoms with Crippen molar-refractivity contribution in [2.45, 2.75) is 6.92 Å². The summed E-state index contributed by atoms with van der Waals surface area (Å²) < 4.78 is 26.8. The van der Waals surface area contributed by atoms with Crippen LogP contribution in [0.4, 0.5) is 8.78 Å². The fraction of sp³-hybridized carbons (Fsp3) is 0.0833. The van der Waals surface area contributed by atoms with Gasteiger partial charge in [-0.1, -0.05) is 0 Å². The molecule has 1 aromatic carbocycles. The molecule has 3 nitrogen and oxygen atoms in total. The Kier molecular flexibility index (Phi) is 2.79. The summed E-state index contributed by atoms with van der Waals surface area (Å²) in [6, 6.07) is 5.25. The van der Waals surface area contributed by atoms with E-state index in [1.54, 1.807) is 13.0 Å². The summed E-state index contributed by atoms with van der Waals surface area (Å²) in [6.07, 6.45) is 1.51. The Morgan fingerprint density at radius 2 is 1.88 bits per heavy atom. The third-order valence-corrected chi connectivity index (χ3v) is 2.21. The van der Waals surface area contributed by atoms with Crippen LogP contribution in [-0.4, -0.2) is 9.97 Å². The smallest absolute Gasteiger partial charge is 0.159 e. The van der Waals surface area contributed by atoms with E-state index in [4.69, 9.17) is 5.26 Å². The predicted molar refractivity (Wildman–Crippen MR) is 56.8 cm³/mol. The summed E-state index contributed by atoms with van der Waals surface area (Å²) in [6.45, 7) is 1.75. The standard InChI is InChI=1S/C12H7F2N3/c1-7-2-3-16-12(17-7)8-4-10(13)9(6-15)11(14)5-8/h2-5H,1H3. The molecule has 0 N–H and O–H groups in total. The lowest BCUT2D eigenvalue weighted by molar-refractivity contribution is 0.577. The van der Waals surface area contributed by atoms with Crippen molar-refractivity contribution in [1.82, 2.24) is 9.97 Å². The molecule has 2 rings (SSSR count).